The van der Waals surface area contributed by atoms with E-state index in [2.05, 4.69) is 135 Å². The lowest BCUT2D eigenvalue weighted by molar-refractivity contribution is 0.219. The summed E-state index contributed by atoms with van der Waals surface area (Å²) in [7, 11) is -17.7. The third kappa shape index (κ3) is 11.8. The molecule has 0 saturated carbocycles. The van der Waals surface area contributed by atoms with Gasteiger partial charge in [-0.1, -0.05) is 126 Å². The average molecular weight is 994 g/mol. The standard InChI is InChI=1S/C48H84N2O8S2Si4/c1-45(2,3)61(13,14)55-32-28-49(29-33-56-62(15,16)46(4,5)6)59(51,52)41-36-42(40-27-25-38-23-21-22-37-24-26-39(41)44(40)43(37)38)60(53,54)50(30-34-57-63(17,18)47(7,8)9)31-35-58-64(19,20)48(10,11)12/h21-27,36H,28-35H2,1-20H3. The van der Waals surface area contributed by atoms with Crippen LogP contribution in [0.4, 0.5) is 0 Å². The van der Waals surface area contributed by atoms with Gasteiger partial charge in [0.2, 0.25) is 20.0 Å². The molecule has 0 aliphatic carbocycles. The second kappa shape index (κ2) is 19.1. The summed E-state index contributed by atoms with van der Waals surface area (Å²) >= 11 is 0. The van der Waals surface area contributed by atoms with Gasteiger partial charge in [-0.15, -0.1) is 0 Å². The van der Waals surface area contributed by atoms with E-state index >= 15 is 16.8 Å². The van der Waals surface area contributed by atoms with Gasteiger partial charge in [0.15, 0.2) is 33.3 Å². The molecule has 0 aliphatic rings. The Labute approximate surface area is 393 Å². The molecular formula is C48H84N2O8S2Si4. The van der Waals surface area contributed by atoms with E-state index in [0.29, 0.717) is 16.2 Å². The third-order valence-corrected chi connectivity index (χ3v) is 37.3. The minimum Gasteiger partial charge on any atom is -0.415 e. The van der Waals surface area contributed by atoms with Crippen molar-refractivity contribution >= 4 is 85.6 Å². The highest BCUT2D eigenvalue weighted by molar-refractivity contribution is 7.90. The fraction of sp³-hybridized carbons (Fsp3) is 0.667. The van der Waals surface area contributed by atoms with E-state index < -0.39 is 53.3 Å². The Bertz CT molecular complexity index is 2240. The third-order valence-electron chi connectivity index (χ3n) is 15.2. The van der Waals surface area contributed by atoms with Crippen LogP contribution in [0.3, 0.4) is 0 Å². The first kappa shape index (κ1) is 55.0. The molecule has 64 heavy (non-hydrogen) atoms. The van der Waals surface area contributed by atoms with E-state index in [1.54, 1.807) is 0 Å². The summed E-state index contributed by atoms with van der Waals surface area (Å²) in [6, 6.07) is 14.9. The SMILES string of the molecule is CC(C)(C)[Si](C)(C)OCCN(CCO[Si](C)(C)C(C)(C)C)S(=O)(=O)c1cc(S(=O)(=O)N(CCO[Si](C)(C)C(C)(C)C)CCO[Si](C)(C)C(C)(C)C)c2ccc3cccc4ccc1c2c43. The van der Waals surface area contributed by atoms with Crippen LogP contribution in [0, 0.1) is 0 Å². The molecule has 0 N–H and O–H groups in total. The molecule has 0 radical (unpaired) electrons. The van der Waals surface area contributed by atoms with E-state index in [-0.39, 0.29) is 82.6 Å². The molecular weight excluding hydrogens is 909 g/mol. The van der Waals surface area contributed by atoms with Crippen LogP contribution in [0.5, 0.6) is 0 Å². The van der Waals surface area contributed by atoms with Crippen LogP contribution in [0.15, 0.2) is 58.3 Å². The predicted octanol–water partition coefficient (Wildman–Crippen LogP) is 12.7. The fourth-order valence-corrected chi connectivity index (χ4v) is 14.1. The molecule has 0 unspecified atom stereocenters. The van der Waals surface area contributed by atoms with Crippen molar-refractivity contribution in [2.24, 2.45) is 0 Å². The van der Waals surface area contributed by atoms with Gasteiger partial charge in [-0.3, -0.25) is 0 Å². The monoisotopic (exact) mass is 992 g/mol. The van der Waals surface area contributed by atoms with E-state index in [0.717, 1.165) is 16.2 Å². The maximum atomic E-state index is 15.6. The second-order valence-corrected chi connectivity index (χ2v) is 46.8. The van der Waals surface area contributed by atoms with E-state index in [1.807, 2.05) is 42.5 Å². The molecule has 4 rings (SSSR count). The van der Waals surface area contributed by atoms with Crippen molar-refractivity contribution in [1.82, 2.24) is 8.61 Å². The Kier molecular flexibility index (Phi) is 16.4. The Morgan fingerprint density at radius 2 is 0.688 bits per heavy atom. The molecule has 0 heterocycles. The number of nitrogens with zero attached hydrogens (tertiary/aromatic N) is 2. The van der Waals surface area contributed by atoms with Crippen LogP contribution in [-0.2, 0) is 37.8 Å². The van der Waals surface area contributed by atoms with Gasteiger partial charge >= 0.3 is 0 Å². The largest absolute Gasteiger partial charge is 0.415 e. The molecule has 0 amide bonds. The van der Waals surface area contributed by atoms with Crippen LogP contribution in [-0.4, -0.2) is 111 Å². The topological polar surface area (TPSA) is 112 Å². The van der Waals surface area contributed by atoms with E-state index in [4.69, 9.17) is 17.7 Å². The number of rotatable bonds is 20. The first-order chi connectivity index (χ1) is 28.8. The lowest BCUT2D eigenvalue weighted by atomic mass is 9.94. The number of benzene rings is 4. The summed E-state index contributed by atoms with van der Waals surface area (Å²) in [4.78, 5) is -0.0991. The maximum absolute atomic E-state index is 15.6. The Balaban J connectivity index is 1.96. The summed E-state index contributed by atoms with van der Waals surface area (Å²) in [5, 5.41) is 3.90. The molecule has 0 aliphatic heterocycles. The second-order valence-electron chi connectivity index (χ2n) is 23.8. The van der Waals surface area contributed by atoms with E-state index in [1.165, 1.54) is 14.7 Å². The molecule has 16 heteroatoms. The van der Waals surface area contributed by atoms with Crippen LogP contribution in [0.1, 0.15) is 83.1 Å². The smallest absolute Gasteiger partial charge is 0.243 e. The Morgan fingerprint density at radius 1 is 0.422 bits per heavy atom. The zero-order chi connectivity index (χ0) is 48.9. The van der Waals surface area contributed by atoms with Crippen LogP contribution >= 0.6 is 0 Å². The van der Waals surface area contributed by atoms with Crippen molar-refractivity contribution < 1.29 is 34.5 Å². The maximum Gasteiger partial charge on any atom is 0.243 e. The van der Waals surface area contributed by atoms with Crippen LogP contribution < -0.4 is 0 Å². The summed E-state index contributed by atoms with van der Waals surface area (Å²) in [6.07, 6.45) is 0. The summed E-state index contributed by atoms with van der Waals surface area (Å²) in [5.41, 5.74) is 0. The highest BCUT2D eigenvalue weighted by Gasteiger charge is 2.42. The molecule has 362 valence electrons. The number of sulfonamides is 2. The summed E-state index contributed by atoms with van der Waals surface area (Å²) in [6.45, 7) is 44.3. The molecule has 0 spiro atoms. The molecule has 4 aromatic carbocycles. The Hall–Kier alpha value is -1.55. The molecule has 0 bridgehead atoms. The molecule has 0 saturated heterocycles. The summed E-state index contributed by atoms with van der Waals surface area (Å²) < 4.78 is 91.6. The molecule has 10 nitrogen and oxygen atoms in total. The predicted molar refractivity (Wildman–Crippen MR) is 280 cm³/mol. The molecule has 0 aromatic heterocycles. The van der Waals surface area contributed by atoms with Gasteiger partial charge in [-0.25, -0.2) is 16.8 Å². The van der Waals surface area contributed by atoms with Crippen molar-refractivity contribution in [2.75, 3.05) is 52.6 Å². The Morgan fingerprint density at radius 3 is 0.938 bits per heavy atom. The van der Waals surface area contributed by atoms with Crippen molar-refractivity contribution in [1.29, 1.82) is 0 Å². The minimum atomic E-state index is -4.36. The molecule has 0 atom stereocenters. The van der Waals surface area contributed by atoms with Crippen LogP contribution in [0.2, 0.25) is 72.5 Å². The van der Waals surface area contributed by atoms with Gasteiger partial charge in [-0.05, 0) is 94.8 Å². The lowest BCUT2D eigenvalue weighted by Gasteiger charge is -2.38. The average Bonchev–Trinajstić information content (AvgIpc) is 3.13. The van der Waals surface area contributed by atoms with Gasteiger partial charge in [0.1, 0.15) is 0 Å². The normalized spacial score (nSPS) is 14.9. The van der Waals surface area contributed by atoms with Gasteiger partial charge in [0.25, 0.3) is 0 Å². The van der Waals surface area contributed by atoms with E-state index in [9.17, 15) is 0 Å². The van der Waals surface area contributed by atoms with Crippen molar-refractivity contribution in [2.45, 2.75) is 165 Å². The van der Waals surface area contributed by atoms with Crippen LogP contribution in [0.25, 0.3) is 32.3 Å². The highest BCUT2D eigenvalue weighted by atomic mass is 32.2. The quantitative estimate of drug-likeness (QED) is 0.0636. The van der Waals surface area contributed by atoms with Gasteiger partial charge < -0.3 is 17.7 Å². The van der Waals surface area contributed by atoms with Gasteiger partial charge in [-0.2, -0.15) is 8.61 Å². The fourth-order valence-electron chi connectivity index (χ4n) is 6.65. The number of hydrogen-bond acceptors (Lipinski definition) is 8. The minimum absolute atomic E-state index is 0.0496. The van der Waals surface area contributed by atoms with Gasteiger partial charge in [0, 0.05) is 68.8 Å². The zero-order valence-electron chi connectivity index (χ0n) is 43.3. The summed E-state index contributed by atoms with van der Waals surface area (Å²) in [5.74, 6) is 0. The van der Waals surface area contributed by atoms with Crippen molar-refractivity contribution in [3.05, 3.63) is 48.5 Å². The van der Waals surface area contributed by atoms with Crippen molar-refractivity contribution in [3.8, 4) is 0 Å². The first-order valence-corrected chi connectivity index (χ1v) is 37.6. The van der Waals surface area contributed by atoms with Crippen molar-refractivity contribution in [3.63, 3.8) is 0 Å². The molecule has 4 aromatic rings. The zero-order valence-corrected chi connectivity index (χ0v) is 48.9. The lowest BCUT2D eigenvalue weighted by Crippen LogP contribution is -2.46. The number of hydrogen-bond donors (Lipinski definition) is 0. The first-order valence-electron chi connectivity index (χ1n) is 23.1. The van der Waals surface area contributed by atoms with Gasteiger partial charge in [0.05, 0.1) is 9.79 Å². The molecule has 0 fully saturated rings. The highest BCUT2D eigenvalue weighted by Crippen LogP contribution is 2.44.